The van der Waals surface area contributed by atoms with Crippen LogP contribution in [0.5, 0.6) is 5.88 Å². The number of rotatable bonds is 4. The van der Waals surface area contributed by atoms with Crippen LogP contribution in [0.4, 0.5) is 6.01 Å². The summed E-state index contributed by atoms with van der Waals surface area (Å²) in [5, 5.41) is 12.0. The molecule has 0 radical (unpaired) electrons. The first-order chi connectivity index (χ1) is 13.8. The van der Waals surface area contributed by atoms with Crippen LogP contribution in [0.15, 0.2) is 41.2 Å². The van der Waals surface area contributed by atoms with E-state index in [1.165, 1.54) is 0 Å². The van der Waals surface area contributed by atoms with Crippen LogP contribution in [0, 0.1) is 0 Å². The molecule has 3 aromatic heterocycles. The zero-order chi connectivity index (χ0) is 18.9. The zero-order valence-corrected chi connectivity index (χ0v) is 15.1. The molecule has 9 nitrogen and oxygen atoms in total. The number of nitrogens with two attached hydrogens (primary N) is 1. The van der Waals surface area contributed by atoms with E-state index in [9.17, 15) is 0 Å². The second-order valence-electron chi connectivity index (χ2n) is 6.74. The third-order valence-electron chi connectivity index (χ3n) is 4.80. The molecule has 0 amide bonds. The molecule has 1 aliphatic rings. The van der Waals surface area contributed by atoms with Crippen molar-refractivity contribution in [2.45, 2.75) is 18.9 Å². The number of benzene rings is 1. The van der Waals surface area contributed by atoms with Crippen molar-refractivity contribution in [3.63, 3.8) is 0 Å². The van der Waals surface area contributed by atoms with E-state index in [2.05, 4.69) is 30.5 Å². The molecule has 0 aliphatic carbocycles. The van der Waals surface area contributed by atoms with Gasteiger partial charge in [0.15, 0.2) is 0 Å². The molecule has 5 rings (SSSR count). The number of hydrogen-bond donors (Lipinski definition) is 3. The number of piperidine rings is 1. The van der Waals surface area contributed by atoms with Crippen LogP contribution in [-0.4, -0.2) is 44.3 Å². The first-order valence-corrected chi connectivity index (χ1v) is 9.16. The van der Waals surface area contributed by atoms with E-state index in [1.807, 2.05) is 24.4 Å². The summed E-state index contributed by atoms with van der Waals surface area (Å²) < 4.78 is 11.3. The quantitative estimate of drug-likeness (QED) is 0.495. The van der Waals surface area contributed by atoms with E-state index in [0.29, 0.717) is 11.8 Å². The summed E-state index contributed by atoms with van der Waals surface area (Å²) in [6.45, 7) is 1.87. The lowest BCUT2D eigenvalue weighted by Crippen LogP contribution is -2.37. The Morgan fingerprint density at radius 1 is 1.21 bits per heavy atom. The van der Waals surface area contributed by atoms with Gasteiger partial charge in [-0.15, -0.1) is 5.10 Å². The number of nitrogens with zero attached hydrogens (tertiary/aromatic N) is 4. The van der Waals surface area contributed by atoms with Gasteiger partial charge in [-0.05, 0) is 37.6 Å². The Bertz CT molecular complexity index is 1110. The summed E-state index contributed by atoms with van der Waals surface area (Å²) in [7, 11) is 0. The Kier molecular flexibility index (Phi) is 4.13. The maximum atomic E-state index is 6.01. The molecule has 1 saturated heterocycles. The minimum absolute atomic E-state index is 0.0392. The van der Waals surface area contributed by atoms with Crippen molar-refractivity contribution in [2.75, 3.05) is 18.8 Å². The maximum Gasteiger partial charge on any atom is 0.313 e. The molecule has 9 heteroatoms. The maximum absolute atomic E-state index is 6.01. The number of aromatic amines is 1. The summed E-state index contributed by atoms with van der Waals surface area (Å²) in [5.74, 6) is 0.904. The Balaban J connectivity index is 1.49. The fraction of sp³-hybridized carbons (Fsp3) is 0.263. The van der Waals surface area contributed by atoms with Gasteiger partial charge in [0.1, 0.15) is 6.10 Å². The van der Waals surface area contributed by atoms with Crippen molar-refractivity contribution < 1.29 is 9.15 Å². The Morgan fingerprint density at radius 2 is 2.18 bits per heavy atom. The van der Waals surface area contributed by atoms with Crippen LogP contribution in [0.1, 0.15) is 12.8 Å². The number of hydrogen-bond acceptors (Lipinski definition) is 8. The number of ether oxygens (including phenoxy) is 1. The smallest absolute Gasteiger partial charge is 0.313 e. The van der Waals surface area contributed by atoms with E-state index in [0.717, 1.165) is 53.7 Å². The first kappa shape index (κ1) is 16.7. The SMILES string of the molecule is Nc1nnc(-c2ccc3[nH]cc(-c4cncc(OC5CCCNC5)n4)c3c2)o1. The number of H-pyrrole nitrogens is 1. The summed E-state index contributed by atoms with van der Waals surface area (Å²) in [6.07, 6.45) is 7.53. The third-order valence-corrected chi connectivity index (χ3v) is 4.80. The van der Waals surface area contributed by atoms with Gasteiger partial charge in [-0.25, -0.2) is 4.98 Å². The van der Waals surface area contributed by atoms with E-state index in [-0.39, 0.29) is 12.1 Å². The van der Waals surface area contributed by atoms with Crippen molar-refractivity contribution >= 4 is 16.9 Å². The van der Waals surface area contributed by atoms with Gasteiger partial charge in [-0.2, -0.15) is 0 Å². The molecule has 1 aromatic carbocycles. The molecule has 4 N–H and O–H groups in total. The molecule has 1 atom stereocenters. The van der Waals surface area contributed by atoms with E-state index >= 15 is 0 Å². The van der Waals surface area contributed by atoms with E-state index in [4.69, 9.17) is 14.9 Å². The average molecular weight is 377 g/mol. The monoisotopic (exact) mass is 377 g/mol. The molecule has 1 unspecified atom stereocenters. The lowest BCUT2D eigenvalue weighted by molar-refractivity contribution is 0.160. The Hall–Kier alpha value is -3.46. The zero-order valence-electron chi connectivity index (χ0n) is 15.1. The average Bonchev–Trinajstić information content (AvgIpc) is 3.35. The molecule has 0 spiro atoms. The highest BCUT2D eigenvalue weighted by atomic mass is 16.5. The van der Waals surface area contributed by atoms with Gasteiger partial charge >= 0.3 is 6.01 Å². The molecular weight excluding hydrogens is 358 g/mol. The minimum Gasteiger partial charge on any atom is -0.472 e. The van der Waals surface area contributed by atoms with Crippen LogP contribution in [0.2, 0.25) is 0 Å². The molecule has 0 bridgehead atoms. The first-order valence-electron chi connectivity index (χ1n) is 9.16. The predicted octanol–water partition coefficient (Wildman–Crippen LogP) is 2.39. The van der Waals surface area contributed by atoms with Crippen molar-refractivity contribution in [1.29, 1.82) is 0 Å². The van der Waals surface area contributed by atoms with Crippen LogP contribution in [0.25, 0.3) is 33.6 Å². The molecule has 142 valence electrons. The van der Waals surface area contributed by atoms with Gasteiger partial charge < -0.3 is 25.2 Å². The number of anilines is 1. The number of nitrogen functional groups attached to an aromatic ring is 1. The molecule has 4 heterocycles. The second-order valence-corrected chi connectivity index (χ2v) is 6.74. The number of fused-ring (bicyclic) bond motifs is 1. The van der Waals surface area contributed by atoms with Crippen molar-refractivity contribution in [1.82, 2.24) is 30.5 Å². The van der Waals surface area contributed by atoms with E-state index < -0.39 is 0 Å². The highest BCUT2D eigenvalue weighted by Crippen LogP contribution is 2.31. The topological polar surface area (TPSA) is 128 Å². The van der Waals surface area contributed by atoms with Crippen LogP contribution >= 0.6 is 0 Å². The largest absolute Gasteiger partial charge is 0.472 e. The summed E-state index contributed by atoms with van der Waals surface area (Å²) in [5.41, 5.74) is 8.94. The predicted molar refractivity (Wildman–Crippen MR) is 104 cm³/mol. The van der Waals surface area contributed by atoms with Gasteiger partial charge in [0.2, 0.25) is 11.8 Å². The fourth-order valence-corrected chi connectivity index (χ4v) is 3.44. The second kappa shape index (κ2) is 6.93. The van der Waals surface area contributed by atoms with Crippen LogP contribution < -0.4 is 15.8 Å². The van der Waals surface area contributed by atoms with Crippen LogP contribution in [0.3, 0.4) is 0 Å². The molecule has 1 aliphatic heterocycles. The summed E-state index contributed by atoms with van der Waals surface area (Å²) in [6, 6.07) is 5.86. The van der Waals surface area contributed by atoms with Crippen molar-refractivity contribution in [3.05, 3.63) is 36.8 Å². The van der Waals surface area contributed by atoms with Crippen molar-refractivity contribution in [2.24, 2.45) is 0 Å². The van der Waals surface area contributed by atoms with Gasteiger partial charge in [0, 0.05) is 34.8 Å². The molecule has 28 heavy (non-hydrogen) atoms. The van der Waals surface area contributed by atoms with Crippen LogP contribution in [-0.2, 0) is 0 Å². The normalized spacial score (nSPS) is 17.1. The Morgan fingerprint density at radius 3 is 3.00 bits per heavy atom. The lowest BCUT2D eigenvalue weighted by Gasteiger charge is -2.23. The molecular formula is C19H19N7O2. The number of nitrogens with one attached hydrogen (secondary N) is 2. The lowest BCUT2D eigenvalue weighted by atomic mass is 10.1. The van der Waals surface area contributed by atoms with Gasteiger partial charge in [-0.1, -0.05) is 5.10 Å². The molecule has 4 aromatic rings. The molecule has 1 fully saturated rings. The van der Waals surface area contributed by atoms with Crippen molar-refractivity contribution in [3.8, 4) is 28.6 Å². The minimum atomic E-state index is 0.0392. The fourth-order valence-electron chi connectivity index (χ4n) is 3.44. The summed E-state index contributed by atoms with van der Waals surface area (Å²) in [4.78, 5) is 12.2. The highest BCUT2D eigenvalue weighted by molar-refractivity contribution is 5.96. The third kappa shape index (κ3) is 3.16. The van der Waals surface area contributed by atoms with Gasteiger partial charge in [0.05, 0.1) is 18.1 Å². The van der Waals surface area contributed by atoms with Gasteiger partial charge in [0.25, 0.3) is 0 Å². The molecule has 0 saturated carbocycles. The highest BCUT2D eigenvalue weighted by Gasteiger charge is 2.17. The summed E-state index contributed by atoms with van der Waals surface area (Å²) >= 11 is 0. The Labute approximate surface area is 160 Å². The van der Waals surface area contributed by atoms with Gasteiger partial charge in [-0.3, -0.25) is 4.98 Å². The van der Waals surface area contributed by atoms with E-state index in [1.54, 1.807) is 12.4 Å². The standard InChI is InChI=1S/C19H19N7O2/c20-19-26-25-18(28-19)11-3-4-15-13(6-11)14(8-23-15)16-9-22-10-17(24-16)27-12-2-1-5-21-7-12/h3-4,6,8-10,12,21,23H,1-2,5,7H2,(H2,20,26). The number of aromatic nitrogens is 5.